The lowest BCUT2D eigenvalue weighted by Crippen LogP contribution is -2.37. The molecule has 1 atom stereocenters. The van der Waals surface area contributed by atoms with Gasteiger partial charge in [-0.2, -0.15) is 0 Å². The molecule has 2 aliphatic heterocycles. The van der Waals surface area contributed by atoms with Gasteiger partial charge < -0.3 is 19.5 Å². The molecule has 0 saturated heterocycles. The maximum Gasteiger partial charge on any atom is 0.308 e. The number of ether oxygens (including phenoxy) is 3. The number of hydrogen-bond donors (Lipinski definition) is 1. The number of fused-ring (bicyclic) bond motifs is 2. The summed E-state index contributed by atoms with van der Waals surface area (Å²) in [4.78, 5) is 50.0. The minimum atomic E-state index is -1.02. The molecule has 160 valence electrons. The van der Waals surface area contributed by atoms with Crippen molar-refractivity contribution in [3.05, 3.63) is 59.2 Å². The largest absolute Gasteiger partial charge is 0.454 e. The number of esters is 1. The summed E-state index contributed by atoms with van der Waals surface area (Å²) in [5.74, 6) is -0.769. The lowest BCUT2D eigenvalue weighted by atomic mass is 10.1. The van der Waals surface area contributed by atoms with Gasteiger partial charge in [0.1, 0.15) is 0 Å². The zero-order chi connectivity index (χ0) is 22.0. The zero-order valence-electron chi connectivity index (χ0n) is 16.8. The van der Waals surface area contributed by atoms with Gasteiger partial charge >= 0.3 is 5.97 Å². The third-order valence-corrected chi connectivity index (χ3v) is 5.00. The summed E-state index contributed by atoms with van der Waals surface area (Å²) >= 11 is 0. The van der Waals surface area contributed by atoms with Crippen LogP contribution < -0.4 is 14.8 Å². The van der Waals surface area contributed by atoms with Crippen molar-refractivity contribution in [3.8, 4) is 11.5 Å². The molecule has 9 heteroatoms. The van der Waals surface area contributed by atoms with Crippen LogP contribution in [0.2, 0.25) is 0 Å². The van der Waals surface area contributed by atoms with E-state index in [2.05, 4.69) is 5.32 Å². The molecule has 2 aromatic rings. The average molecular weight is 424 g/mol. The Morgan fingerprint density at radius 2 is 1.74 bits per heavy atom. The maximum absolute atomic E-state index is 12.3. The number of nitrogens with zero attached hydrogens (tertiary/aromatic N) is 1. The summed E-state index contributed by atoms with van der Waals surface area (Å²) in [6.07, 6.45) is -1.23. The van der Waals surface area contributed by atoms with E-state index in [-0.39, 0.29) is 26.3 Å². The van der Waals surface area contributed by atoms with E-state index in [0.29, 0.717) is 22.6 Å². The van der Waals surface area contributed by atoms with Crippen molar-refractivity contribution in [2.24, 2.45) is 0 Å². The van der Waals surface area contributed by atoms with Crippen LogP contribution in [0.25, 0.3) is 0 Å². The molecule has 2 aliphatic rings. The molecule has 3 amide bonds. The standard InChI is InChI=1S/C22H20N2O7/c1-13(20(26)23-11-14-6-7-17-18(10-14)30-12-29-17)31-19(25)8-9-24-21(27)15-4-2-3-5-16(15)22(24)28/h2-7,10,13H,8-9,11-12H2,1H3,(H,23,26). The number of nitrogens with one attached hydrogen (secondary N) is 1. The average Bonchev–Trinajstić information content (AvgIpc) is 3.33. The van der Waals surface area contributed by atoms with Crippen LogP contribution in [0.1, 0.15) is 39.6 Å². The van der Waals surface area contributed by atoms with E-state index in [1.54, 1.807) is 42.5 Å². The third kappa shape index (κ3) is 4.20. The SMILES string of the molecule is CC(OC(=O)CCN1C(=O)c2ccccc2C1=O)C(=O)NCc1ccc2c(c1)OCO2. The smallest absolute Gasteiger partial charge is 0.308 e. The van der Waals surface area contributed by atoms with Gasteiger partial charge in [0.2, 0.25) is 6.79 Å². The van der Waals surface area contributed by atoms with Crippen LogP contribution in [-0.4, -0.2) is 48.0 Å². The van der Waals surface area contributed by atoms with E-state index < -0.39 is 29.8 Å². The van der Waals surface area contributed by atoms with E-state index in [9.17, 15) is 19.2 Å². The van der Waals surface area contributed by atoms with Crippen LogP contribution in [0.5, 0.6) is 11.5 Å². The van der Waals surface area contributed by atoms with Crippen LogP contribution in [0, 0.1) is 0 Å². The summed E-state index contributed by atoms with van der Waals surface area (Å²) in [6, 6.07) is 11.8. The number of amides is 3. The first-order chi connectivity index (χ1) is 14.9. The van der Waals surface area contributed by atoms with E-state index >= 15 is 0 Å². The molecule has 1 N–H and O–H groups in total. The fourth-order valence-corrected chi connectivity index (χ4v) is 3.34. The van der Waals surface area contributed by atoms with Gasteiger partial charge in [0.05, 0.1) is 17.5 Å². The Morgan fingerprint density at radius 1 is 1.06 bits per heavy atom. The van der Waals surface area contributed by atoms with Gasteiger partial charge in [0.25, 0.3) is 17.7 Å². The number of benzene rings is 2. The Morgan fingerprint density at radius 3 is 2.45 bits per heavy atom. The highest BCUT2D eigenvalue weighted by Gasteiger charge is 2.35. The normalized spacial score (nSPS) is 14.9. The Hall–Kier alpha value is -3.88. The number of carbonyl (C=O) groups excluding carboxylic acids is 4. The van der Waals surface area contributed by atoms with Crippen molar-refractivity contribution in [1.29, 1.82) is 0 Å². The Kier molecular flexibility index (Phi) is 5.57. The van der Waals surface area contributed by atoms with Crippen molar-refractivity contribution in [1.82, 2.24) is 10.2 Å². The first-order valence-corrected chi connectivity index (χ1v) is 9.75. The molecule has 0 saturated carbocycles. The van der Waals surface area contributed by atoms with Crippen molar-refractivity contribution in [3.63, 3.8) is 0 Å². The van der Waals surface area contributed by atoms with E-state index in [0.717, 1.165) is 10.5 Å². The van der Waals surface area contributed by atoms with Crippen molar-refractivity contribution in [2.45, 2.75) is 26.0 Å². The number of carbonyl (C=O) groups is 4. The highest BCUT2D eigenvalue weighted by atomic mass is 16.7. The Balaban J connectivity index is 1.24. The van der Waals surface area contributed by atoms with Gasteiger partial charge in [0, 0.05) is 13.1 Å². The second kappa shape index (κ2) is 8.47. The van der Waals surface area contributed by atoms with E-state index in [1.807, 2.05) is 0 Å². The lowest BCUT2D eigenvalue weighted by Gasteiger charge is -2.16. The highest BCUT2D eigenvalue weighted by molar-refractivity contribution is 6.21. The topological polar surface area (TPSA) is 111 Å². The minimum absolute atomic E-state index is 0.114. The molecule has 2 heterocycles. The first kappa shape index (κ1) is 20.4. The summed E-state index contributed by atoms with van der Waals surface area (Å²) < 4.78 is 15.7. The molecular formula is C22H20N2O7. The Labute approximate surface area is 177 Å². The third-order valence-electron chi connectivity index (χ3n) is 5.00. The summed E-state index contributed by atoms with van der Waals surface area (Å²) in [7, 11) is 0. The summed E-state index contributed by atoms with van der Waals surface area (Å²) in [6.45, 7) is 1.73. The van der Waals surface area contributed by atoms with Crippen molar-refractivity contribution in [2.75, 3.05) is 13.3 Å². The molecule has 1 unspecified atom stereocenters. The van der Waals surface area contributed by atoms with Crippen molar-refractivity contribution < 1.29 is 33.4 Å². The fraction of sp³-hybridized carbons (Fsp3) is 0.273. The fourth-order valence-electron chi connectivity index (χ4n) is 3.34. The number of hydrogen-bond acceptors (Lipinski definition) is 7. The second-order valence-electron chi connectivity index (χ2n) is 7.10. The van der Waals surface area contributed by atoms with Crippen LogP contribution in [0.4, 0.5) is 0 Å². The maximum atomic E-state index is 12.3. The molecule has 4 rings (SSSR count). The quantitative estimate of drug-likeness (QED) is 0.531. The predicted octanol–water partition coefficient (Wildman–Crippen LogP) is 1.65. The van der Waals surface area contributed by atoms with Gasteiger partial charge in [-0.1, -0.05) is 18.2 Å². The van der Waals surface area contributed by atoms with E-state index in [1.165, 1.54) is 6.92 Å². The highest BCUT2D eigenvalue weighted by Crippen LogP contribution is 2.32. The van der Waals surface area contributed by atoms with Gasteiger partial charge in [-0.15, -0.1) is 0 Å². The molecule has 2 aromatic carbocycles. The summed E-state index contributed by atoms with van der Waals surface area (Å²) in [5, 5.41) is 2.69. The molecule has 31 heavy (non-hydrogen) atoms. The second-order valence-corrected chi connectivity index (χ2v) is 7.10. The molecule has 0 aliphatic carbocycles. The van der Waals surface area contributed by atoms with Crippen LogP contribution in [0.15, 0.2) is 42.5 Å². The molecule has 0 radical (unpaired) electrons. The first-order valence-electron chi connectivity index (χ1n) is 9.75. The van der Waals surface area contributed by atoms with Crippen molar-refractivity contribution >= 4 is 23.7 Å². The van der Waals surface area contributed by atoms with Crippen LogP contribution >= 0.6 is 0 Å². The zero-order valence-corrected chi connectivity index (χ0v) is 16.8. The number of rotatable bonds is 7. The van der Waals surface area contributed by atoms with Crippen LogP contribution in [-0.2, 0) is 20.9 Å². The van der Waals surface area contributed by atoms with Crippen LogP contribution in [0.3, 0.4) is 0 Å². The van der Waals surface area contributed by atoms with Gasteiger partial charge in [0.15, 0.2) is 17.6 Å². The lowest BCUT2D eigenvalue weighted by molar-refractivity contribution is -0.154. The van der Waals surface area contributed by atoms with Gasteiger partial charge in [-0.25, -0.2) is 0 Å². The molecule has 0 fully saturated rings. The molecule has 0 aromatic heterocycles. The summed E-state index contributed by atoms with van der Waals surface area (Å²) in [5.41, 5.74) is 1.44. The molecule has 0 bridgehead atoms. The van der Waals surface area contributed by atoms with E-state index in [4.69, 9.17) is 14.2 Å². The number of imide groups is 1. The molecular weight excluding hydrogens is 404 g/mol. The Bertz CT molecular complexity index is 1030. The van der Waals surface area contributed by atoms with Gasteiger partial charge in [-0.3, -0.25) is 24.1 Å². The monoisotopic (exact) mass is 424 g/mol. The molecule has 9 nitrogen and oxygen atoms in total. The van der Waals surface area contributed by atoms with Gasteiger partial charge in [-0.05, 0) is 36.8 Å². The minimum Gasteiger partial charge on any atom is -0.454 e. The predicted molar refractivity (Wildman–Crippen MR) is 106 cm³/mol. The molecule has 0 spiro atoms.